The Morgan fingerprint density at radius 2 is 1.25 bits per heavy atom. The van der Waals surface area contributed by atoms with Gasteiger partial charge in [0.1, 0.15) is 29.3 Å². The monoisotopic (exact) mass is 780 g/mol. The number of rotatable bonds is 16. The molecule has 0 aromatic carbocycles. The minimum Gasteiger partial charge on any atom is -0.388 e. The molecule has 8 N–H and O–H groups in total. The molecule has 0 fully saturated rings. The highest BCUT2D eigenvalue weighted by molar-refractivity contribution is 6.18. The quantitative estimate of drug-likeness (QED) is 0.0498. The number of nitrogens with two attached hydrogens (primary N) is 1. The van der Waals surface area contributed by atoms with E-state index in [0.717, 1.165) is 4.57 Å². The van der Waals surface area contributed by atoms with Crippen LogP contribution in [0, 0.1) is 5.41 Å². The Bertz CT molecular complexity index is 2070. The molecule has 0 saturated carbocycles. The third-order valence-electron chi connectivity index (χ3n) is 7.55. The third-order valence-corrected chi connectivity index (χ3v) is 7.89. The molecule has 0 aliphatic heterocycles. The number of amidine groups is 1. The third kappa shape index (κ3) is 10.3. The van der Waals surface area contributed by atoms with Gasteiger partial charge in [0.2, 0.25) is 5.91 Å². The minimum atomic E-state index is -0.780. The Morgan fingerprint density at radius 1 is 0.788 bits per heavy atom. The first-order valence-electron chi connectivity index (χ1n) is 15.4. The smallest absolute Gasteiger partial charge is 0.328 e. The topological polar surface area (TPSA) is 239 Å². The second-order valence-electron chi connectivity index (χ2n) is 11.4. The number of carbonyl (C=O) groups excluding carboxylic acids is 4. The Labute approximate surface area is 313 Å². The van der Waals surface area contributed by atoms with Crippen molar-refractivity contribution in [1.29, 1.82) is 5.41 Å². The number of hydrogen-bond donors (Lipinski definition) is 7. The van der Waals surface area contributed by atoms with Gasteiger partial charge in [-0.25, -0.2) is 4.79 Å². The van der Waals surface area contributed by atoms with Crippen molar-refractivity contribution in [3.63, 3.8) is 0 Å². The van der Waals surface area contributed by atoms with Gasteiger partial charge in [0.15, 0.2) is 0 Å². The van der Waals surface area contributed by atoms with Crippen molar-refractivity contribution in [2.24, 2.45) is 26.9 Å². The van der Waals surface area contributed by atoms with Crippen molar-refractivity contribution in [3.05, 3.63) is 80.9 Å². The molecule has 0 aliphatic rings. The van der Waals surface area contributed by atoms with Crippen molar-refractivity contribution in [3.8, 4) is 0 Å². The minimum absolute atomic E-state index is 0. The molecule has 0 radical (unpaired) electrons. The molecule has 18 nitrogen and oxygen atoms in total. The van der Waals surface area contributed by atoms with Crippen LogP contribution in [0.1, 0.15) is 37.9 Å². The molecule has 0 bridgehead atoms. The van der Waals surface area contributed by atoms with Crippen LogP contribution in [0.4, 0.5) is 22.7 Å². The van der Waals surface area contributed by atoms with Crippen molar-refractivity contribution in [2.75, 3.05) is 52.2 Å². The van der Waals surface area contributed by atoms with Gasteiger partial charge in [-0.1, -0.05) is 0 Å². The summed E-state index contributed by atoms with van der Waals surface area (Å²) in [4.78, 5) is 80.3. The summed E-state index contributed by atoms with van der Waals surface area (Å²) < 4.78 is 5.61. The molecule has 0 atom stereocenters. The molecule has 0 unspecified atom stereocenters. The molecule has 0 aliphatic carbocycles. The van der Waals surface area contributed by atoms with E-state index < -0.39 is 41.4 Å². The van der Waals surface area contributed by atoms with Crippen LogP contribution in [0.25, 0.3) is 0 Å². The van der Waals surface area contributed by atoms with Crippen LogP contribution < -0.4 is 43.1 Å². The number of amides is 4. The number of alkyl halides is 2. The summed E-state index contributed by atoms with van der Waals surface area (Å²) >= 11 is 11.7. The lowest BCUT2D eigenvalue weighted by atomic mass is 10.3. The van der Waals surface area contributed by atoms with Gasteiger partial charge in [0, 0.05) is 83.7 Å². The molecule has 4 aromatic rings. The van der Waals surface area contributed by atoms with E-state index in [-0.39, 0.29) is 65.7 Å². The molecule has 4 heterocycles. The molecule has 280 valence electrons. The van der Waals surface area contributed by atoms with E-state index in [4.69, 9.17) is 34.3 Å². The van der Waals surface area contributed by atoms with E-state index in [1.165, 1.54) is 39.7 Å². The molecule has 0 saturated heterocycles. The standard InChI is InChI=1S/C31H38Cl2N12O6.ClH/c1-41-14-19(11-21(41)27(47)36-7-4-25(34)35)38-29(49)23-12-20(15-43(23)3)39-28(48)22-10-18(13-42(22)2)37-26(46)17-45-16-24(30(50)40-31(45)51)44(8-5-32)9-6-33;/h10-16H,4-9,17H2,1-3H3,(H3,34,35)(H,36,47)(H,37,46)(H,38,49)(H,39,48)(H,40,50,51);1H. The van der Waals surface area contributed by atoms with E-state index in [2.05, 4.69) is 26.3 Å². The van der Waals surface area contributed by atoms with Gasteiger partial charge in [-0.15, -0.1) is 35.6 Å². The van der Waals surface area contributed by atoms with E-state index in [0.29, 0.717) is 30.2 Å². The van der Waals surface area contributed by atoms with Crippen molar-refractivity contribution in [2.45, 2.75) is 13.0 Å². The van der Waals surface area contributed by atoms with Crippen LogP contribution in [0.2, 0.25) is 0 Å². The molecule has 4 amide bonds. The van der Waals surface area contributed by atoms with E-state index in [9.17, 15) is 28.8 Å². The molecule has 0 spiro atoms. The second-order valence-corrected chi connectivity index (χ2v) is 12.2. The summed E-state index contributed by atoms with van der Waals surface area (Å²) in [6, 6.07) is 4.43. The van der Waals surface area contributed by atoms with Gasteiger partial charge < -0.3 is 45.6 Å². The summed E-state index contributed by atoms with van der Waals surface area (Å²) in [6.45, 7) is 0.372. The van der Waals surface area contributed by atoms with Crippen molar-refractivity contribution < 1.29 is 19.2 Å². The van der Waals surface area contributed by atoms with E-state index >= 15 is 0 Å². The number of nitrogens with zero attached hydrogens (tertiary/aromatic N) is 5. The predicted octanol–water partition coefficient (Wildman–Crippen LogP) is 1.46. The Hall–Kier alpha value is -5.46. The van der Waals surface area contributed by atoms with Gasteiger partial charge in [0.25, 0.3) is 23.3 Å². The van der Waals surface area contributed by atoms with Crippen LogP contribution in [0.5, 0.6) is 0 Å². The first kappa shape index (κ1) is 41.0. The number of hydrogen-bond acceptors (Lipinski definition) is 8. The van der Waals surface area contributed by atoms with Crippen LogP contribution in [-0.2, 0) is 32.5 Å². The van der Waals surface area contributed by atoms with E-state index in [1.807, 2.05) is 0 Å². The normalized spacial score (nSPS) is 10.6. The molecular weight excluding hydrogens is 743 g/mol. The zero-order valence-electron chi connectivity index (χ0n) is 28.4. The molecule has 4 aromatic heterocycles. The maximum atomic E-state index is 13.2. The fourth-order valence-electron chi connectivity index (χ4n) is 5.12. The predicted molar refractivity (Wildman–Crippen MR) is 202 cm³/mol. The summed E-state index contributed by atoms with van der Waals surface area (Å²) in [7, 11) is 4.88. The number of halogens is 3. The Kier molecular flexibility index (Phi) is 14.3. The highest BCUT2D eigenvalue weighted by atomic mass is 35.5. The first-order valence-corrected chi connectivity index (χ1v) is 16.5. The van der Waals surface area contributed by atoms with Crippen LogP contribution in [0.3, 0.4) is 0 Å². The first-order chi connectivity index (χ1) is 24.2. The SMILES string of the molecule is Cl.Cn1cc(NC(=O)c2cc(NC(=O)c3cc(NC(=O)Cn4cc(N(CCCl)CCCl)c(=O)[nH]c4=O)cn3C)cn2C)cc1C(=O)NCCC(=N)N. The van der Waals surface area contributed by atoms with Gasteiger partial charge in [-0.2, -0.15) is 0 Å². The lowest BCUT2D eigenvalue weighted by molar-refractivity contribution is -0.116. The van der Waals surface area contributed by atoms with Gasteiger partial charge in [-0.3, -0.25) is 38.9 Å². The average Bonchev–Trinajstić information content (AvgIpc) is 3.73. The molecular formula is C31H39Cl3N12O6. The highest BCUT2D eigenvalue weighted by Crippen LogP contribution is 2.20. The number of aromatic nitrogens is 5. The zero-order chi connectivity index (χ0) is 37.4. The maximum Gasteiger partial charge on any atom is 0.328 e. The largest absolute Gasteiger partial charge is 0.388 e. The number of nitrogens with one attached hydrogen (secondary N) is 6. The Morgan fingerprint density at radius 3 is 1.71 bits per heavy atom. The van der Waals surface area contributed by atoms with Crippen LogP contribution >= 0.6 is 35.6 Å². The highest BCUT2D eigenvalue weighted by Gasteiger charge is 2.20. The summed E-state index contributed by atoms with van der Waals surface area (Å²) in [5.41, 5.74) is 5.71. The summed E-state index contributed by atoms with van der Waals surface area (Å²) in [6.07, 6.45) is 6.12. The molecule has 21 heteroatoms. The summed E-state index contributed by atoms with van der Waals surface area (Å²) in [5.74, 6) is -1.62. The maximum absolute atomic E-state index is 13.2. The van der Waals surface area contributed by atoms with E-state index in [1.54, 1.807) is 43.0 Å². The zero-order valence-corrected chi connectivity index (χ0v) is 30.7. The molecule has 4 rings (SSSR count). The second kappa shape index (κ2) is 18.2. The van der Waals surface area contributed by atoms with Gasteiger partial charge in [-0.05, 0) is 18.2 Å². The fraction of sp³-hybridized carbons (Fsp3) is 0.323. The summed E-state index contributed by atoms with van der Waals surface area (Å²) in [5, 5.41) is 18.0. The van der Waals surface area contributed by atoms with Crippen LogP contribution in [-0.4, -0.2) is 84.1 Å². The lowest BCUT2D eigenvalue weighted by Gasteiger charge is -2.22. The van der Waals surface area contributed by atoms with Gasteiger partial charge in [0.05, 0.1) is 22.9 Å². The number of carbonyl (C=O) groups is 4. The Balaban J connectivity index is 0.00000729. The molecule has 52 heavy (non-hydrogen) atoms. The van der Waals surface area contributed by atoms with Crippen molar-refractivity contribution >= 4 is 87.8 Å². The number of anilines is 4. The fourth-order valence-corrected chi connectivity index (χ4v) is 5.53. The van der Waals surface area contributed by atoms with Crippen LogP contribution in [0.15, 0.2) is 52.6 Å². The number of aryl methyl sites for hydroxylation is 3. The van der Waals surface area contributed by atoms with Gasteiger partial charge >= 0.3 is 5.69 Å². The van der Waals surface area contributed by atoms with Crippen molar-refractivity contribution in [1.82, 2.24) is 28.6 Å². The number of H-pyrrole nitrogens is 1. The number of aromatic amines is 1. The lowest BCUT2D eigenvalue weighted by Crippen LogP contribution is -2.39. The average molecular weight is 782 g/mol.